The van der Waals surface area contributed by atoms with Gasteiger partial charge in [0.05, 0.1) is 6.54 Å². The average molecular weight is 457 g/mol. The van der Waals surface area contributed by atoms with E-state index in [4.69, 9.17) is 4.74 Å². The topological polar surface area (TPSA) is 104 Å². The molecule has 0 fully saturated rings. The summed E-state index contributed by atoms with van der Waals surface area (Å²) in [6, 6.07) is 0. The highest BCUT2D eigenvalue weighted by atomic mass is 127. The van der Waals surface area contributed by atoms with Crippen LogP contribution in [0.1, 0.15) is 41.5 Å². The number of hydrogen-bond acceptors (Lipinski definition) is 4. The van der Waals surface area contributed by atoms with Gasteiger partial charge in [-0.2, -0.15) is 0 Å². The first kappa shape index (κ1) is 25.0. The van der Waals surface area contributed by atoms with E-state index in [1.165, 1.54) is 0 Å². The van der Waals surface area contributed by atoms with Crippen molar-refractivity contribution in [1.82, 2.24) is 21.3 Å². The Labute approximate surface area is 162 Å². The molecule has 0 radical (unpaired) electrons. The largest absolute Gasteiger partial charge is 0.444 e. The first-order valence-corrected chi connectivity index (χ1v) is 7.65. The Morgan fingerprint density at radius 1 is 0.958 bits per heavy atom. The molecule has 142 valence electrons. The molecule has 0 bridgehead atoms. The third-order valence-electron chi connectivity index (χ3n) is 2.24. The first-order chi connectivity index (χ1) is 10.4. The fourth-order valence-corrected chi connectivity index (χ4v) is 1.51. The van der Waals surface area contributed by atoms with Crippen molar-refractivity contribution in [3.05, 3.63) is 0 Å². The van der Waals surface area contributed by atoms with Gasteiger partial charge in [0.25, 0.3) is 0 Å². The van der Waals surface area contributed by atoms with Crippen molar-refractivity contribution in [1.29, 1.82) is 0 Å². The number of ether oxygens (including phenoxy) is 1. The summed E-state index contributed by atoms with van der Waals surface area (Å²) in [5.74, 6) is 0.368. The van der Waals surface area contributed by atoms with E-state index < -0.39 is 11.7 Å². The molecule has 0 saturated heterocycles. The molecule has 9 heteroatoms. The van der Waals surface area contributed by atoms with E-state index in [-0.39, 0.29) is 42.0 Å². The zero-order valence-electron chi connectivity index (χ0n) is 15.7. The van der Waals surface area contributed by atoms with Gasteiger partial charge in [-0.3, -0.25) is 9.79 Å². The highest BCUT2D eigenvalue weighted by Crippen LogP contribution is 2.05. The Morgan fingerprint density at radius 3 is 1.96 bits per heavy atom. The lowest BCUT2D eigenvalue weighted by Gasteiger charge is -2.21. The van der Waals surface area contributed by atoms with E-state index in [2.05, 4.69) is 26.3 Å². The average Bonchev–Trinajstić information content (AvgIpc) is 2.33. The number of hydrogen-bond donors (Lipinski definition) is 4. The van der Waals surface area contributed by atoms with Crippen molar-refractivity contribution < 1.29 is 14.3 Å². The fraction of sp³-hybridized carbons (Fsp3) is 0.800. The van der Waals surface area contributed by atoms with Crippen LogP contribution in [0, 0.1) is 0 Å². The molecule has 0 rings (SSSR count). The predicted octanol–water partition coefficient (Wildman–Crippen LogP) is 1.21. The van der Waals surface area contributed by atoms with Gasteiger partial charge in [-0.05, 0) is 41.5 Å². The van der Waals surface area contributed by atoms with Crippen LogP contribution in [0.25, 0.3) is 0 Å². The van der Waals surface area contributed by atoms with Crippen molar-refractivity contribution in [3.63, 3.8) is 0 Å². The molecule has 0 heterocycles. The van der Waals surface area contributed by atoms with Crippen LogP contribution in [-0.4, -0.2) is 55.8 Å². The molecule has 0 aromatic heterocycles. The van der Waals surface area contributed by atoms with Gasteiger partial charge in [-0.1, -0.05) is 0 Å². The molecule has 24 heavy (non-hydrogen) atoms. The number of alkyl carbamates (subject to hydrolysis) is 1. The Balaban J connectivity index is 0. The van der Waals surface area contributed by atoms with Crippen LogP contribution in [0.5, 0.6) is 0 Å². The van der Waals surface area contributed by atoms with Gasteiger partial charge in [0.15, 0.2) is 5.96 Å². The van der Waals surface area contributed by atoms with Gasteiger partial charge in [0.2, 0.25) is 5.91 Å². The molecule has 0 aliphatic rings. The number of rotatable bonds is 5. The molecule has 4 N–H and O–H groups in total. The van der Waals surface area contributed by atoms with E-state index in [1.54, 1.807) is 27.8 Å². The quantitative estimate of drug-likeness (QED) is 0.215. The van der Waals surface area contributed by atoms with Crippen molar-refractivity contribution >= 4 is 41.9 Å². The molecule has 8 nitrogen and oxygen atoms in total. The summed E-state index contributed by atoms with van der Waals surface area (Å²) >= 11 is 0. The Bertz CT molecular complexity index is 428. The Morgan fingerprint density at radius 2 is 1.50 bits per heavy atom. The smallest absolute Gasteiger partial charge is 0.407 e. The Hall–Kier alpha value is -1.26. The predicted molar refractivity (Wildman–Crippen MR) is 107 cm³/mol. The molecular weight excluding hydrogens is 425 g/mol. The highest BCUT2D eigenvalue weighted by molar-refractivity contribution is 14.0. The number of nitrogens with one attached hydrogen (secondary N) is 4. The van der Waals surface area contributed by atoms with Crippen molar-refractivity contribution in [2.24, 2.45) is 4.99 Å². The zero-order chi connectivity index (χ0) is 18.1. The third-order valence-corrected chi connectivity index (χ3v) is 2.24. The molecule has 0 unspecified atom stereocenters. The van der Waals surface area contributed by atoms with Gasteiger partial charge < -0.3 is 26.0 Å². The minimum atomic E-state index is -0.518. The van der Waals surface area contributed by atoms with Crippen LogP contribution < -0.4 is 21.3 Å². The van der Waals surface area contributed by atoms with Gasteiger partial charge in [-0.25, -0.2) is 4.79 Å². The summed E-state index contributed by atoms with van der Waals surface area (Å²) in [7, 11) is 1.61. The summed E-state index contributed by atoms with van der Waals surface area (Å²) in [6.45, 7) is 12.1. The lowest BCUT2D eigenvalue weighted by molar-refractivity contribution is -0.121. The zero-order valence-corrected chi connectivity index (χ0v) is 18.0. The number of nitrogens with zero attached hydrogens (tertiary/aromatic N) is 1. The van der Waals surface area contributed by atoms with Crippen LogP contribution in [0.2, 0.25) is 0 Å². The number of amides is 2. The van der Waals surface area contributed by atoms with Crippen molar-refractivity contribution in [2.45, 2.75) is 52.7 Å². The number of aliphatic imine (C=N–C) groups is 1. The summed E-state index contributed by atoms with van der Waals surface area (Å²) in [6.07, 6.45) is -0.466. The molecule has 0 aliphatic heterocycles. The SMILES string of the molecule is CN=C(NCCNC(=O)OC(C)(C)C)NCC(=O)NC(C)(C)C.I. The van der Waals surface area contributed by atoms with Crippen LogP contribution >= 0.6 is 24.0 Å². The van der Waals surface area contributed by atoms with E-state index in [1.807, 2.05) is 20.8 Å². The number of carbonyl (C=O) groups is 2. The van der Waals surface area contributed by atoms with Crippen LogP contribution in [0.3, 0.4) is 0 Å². The maximum Gasteiger partial charge on any atom is 0.407 e. The minimum Gasteiger partial charge on any atom is -0.444 e. The fourth-order valence-electron chi connectivity index (χ4n) is 1.51. The van der Waals surface area contributed by atoms with Crippen LogP contribution in [0.4, 0.5) is 4.79 Å². The highest BCUT2D eigenvalue weighted by Gasteiger charge is 2.15. The molecule has 0 spiro atoms. The minimum absolute atomic E-state index is 0. The second-order valence-corrected chi connectivity index (χ2v) is 7.08. The van der Waals surface area contributed by atoms with Crippen LogP contribution in [-0.2, 0) is 9.53 Å². The van der Waals surface area contributed by atoms with E-state index in [9.17, 15) is 9.59 Å². The van der Waals surface area contributed by atoms with E-state index >= 15 is 0 Å². The number of guanidine groups is 1. The lowest BCUT2D eigenvalue weighted by Crippen LogP contribution is -2.49. The maximum absolute atomic E-state index is 11.7. The first-order valence-electron chi connectivity index (χ1n) is 7.65. The molecule has 2 amide bonds. The standard InChI is InChI=1S/C15H31N5O3.HI/c1-14(2,3)20-11(21)10-19-12(16-7)17-8-9-18-13(22)23-15(4,5)6;/h8-10H2,1-7H3,(H,18,22)(H,20,21)(H2,16,17,19);1H. The normalized spacial score (nSPS) is 11.9. The van der Waals surface area contributed by atoms with Gasteiger partial charge in [-0.15, -0.1) is 24.0 Å². The molecule has 0 aliphatic carbocycles. The second-order valence-electron chi connectivity index (χ2n) is 7.08. The summed E-state index contributed by atoms with van der Waals surface area (Å²) in [5, 5.41) is 11.4. The van der Waals surface area contributed by atoms with Crippen LogP contribution in [0.15, 0.2) is 4.99 Å². The monoisotopic (exact) mass is 457 g/mol. The second kappa shape index (κ2) is 11.3. The summed E-state index contributed by atoms with van der Waals surface area (Å²) in [4.78, 5) is 27.2. The van der Waals surface area contributed by atoms with E-state index in [0.29, 0.717) is 19.0 Å². The number of carbonyl (C=O) groups excluding carboxylic acids is 2. The third kappa shape index (κ3) is 15.6. The van der Waals surface area contributed by atoms with Crippen molar-refractivity contribution in [3.8, 4) is 0 Å². The van der Waals surface area contributed by atoms with Gasteiger partial charge >= 0.3 is 6.09 Å². The molecule has 0 saturated carbocycles. The van der Waals surface area contributed by atoms with E-state index in [0.717, 1.165) is 0 Å². The summed E-state index contributed by atoms with van der Waals surface area (Å²) < 4.78 is 5.12. The van der Waals surface area contributed by atoms with Gasteiger partial charge in [0.1, 0.15) is 5.60 Å². The number of halogens is 1. The molecular formula is C15H32IN5O3. The lowest BCUT2D eigenvalue weighted by atomic mass is 10.1. The molecule has 0 aromatic carbocycles. The van der Waals surface area contributed by atoms with Gasteiger partial charge in [0, 0.05) is 25.7 Å². The molecule has 0 atom stereocenters. The summed E-state index contributed by atoms with van der Waals surface area (Å²) in [5.41, 5.74) is -0.789. The Kier molecular flexibility index (Phi) is 11.8. The molecule has 0 aromatic rings. The van der Waals surface area contributed by atoms with Crippen molar-refractivity contribution in [2.75, 3.05) is 26.7 Å². The maximum atomic E-state index is 11.7.